The molecule has 0 aliphatic heterocycles. The number of halogens is 1. The number of carbonyl (C=O) groups is 2. The number of aromatic nitrogens is 6. The highest BCUT2D eigenvalue weighted by Gasteiger charge is 2.14. The number of hydrogen-bond acceptors (Lipinski definition) is 10. The molecule has 15 heteroatoms. The lowest BCUT2D eigenvalue weighted by atomic mass is 10.2. The highest BCUT2D eigenvalue weighted by Crippen LogP contribution is 2.31. The van der Waals surface area contributed by atoms with E-state index in [-0.39, 0.29) is 23.2 Å². The Kier molecular flexibility index (Phi) is 12.2. The Morgan fingerprint density at radius 2 is 1.13 bits per heavy atom. The number of fused-ring (bicyclic) bond motifs is 2. The number of imidazole rings is 2. The molecule has 0 saturated heterocycles. The first kappa shape index (κ1) is 41.0. The van der Waals surface area contributed by atoms with Gasteiger partial charge in [-0.1, -0.05) is 42.3 Å². The Labute approximate surface area is 356 Å². The van der Waals surface area contributed by atoms with Gasteiger partial charge in [0, 0.05) is 86.8 Å². The summed E-state index contributed by atoms with van der Waals surface area (Å²) in [5.74, 6) is 5.68. The summed E-state index contributed by atoms with van der Waals surface area (Å²) in [6.07, 6.45) is 8.54. The summed E-state index contributed by atoms with van der Waals surface area (Å²) in [4.78, 5) is 41.0. The number of anilines is 4. The van der Waals surface area contributed by atoms with E-state index in [1.807, 2.05) is 108 Å². The number of amides is 2. The standard InChI is InChI=1S/C23H20ClN5O2.C23H19N5O2/c1-14(24)15-5-4-6-16(11-15)27-23-28-19-12-17(7-8-21(19)29(23)3)31-18-9-10-26-20(13-18)22(30)25-2;1-4-15-6-5-7-16(12-15)26-23-27-19-13-17(8-9-21(19)28(23)3)30-18-10-11-25-20(14-18)22(29)24-2/h4-13H,1H2,2-3H3,(H,25,30)(H,27,28);1,5-14H,2-3H3,(H,24,29)(H,26,27). The van der Waals surface area contributed by atoms with Crippen LogP contribution in [0.1, 0.15) is 32.1 Å². The van der Waals surface area contributed by atoms with E-state index in [4.69, 9.17) is 27.5 Å². The molecule has 14 nitrogen and oxygen atoms in total. The zero-order chi connectivity index (χ0) is 43.0. The topological polar surface area (TPSA) is 162 Å². The van der Waals surface area contributed by atoms with Crippen molar-refractivity contribution in [2.75, 3.05) is 24.7 Å². The van der Waals surface area contributed by atoms with Crippen molar-refractivity contribution in [3.63, 3.8) is 0 Å². The summed E-state index contributed by atoms with van der Waals surface area (Å²) in [5.41, 5.74) is 7.34. The van der Waals surface area contributed by atoms with Crippen molar-refractivity contribution in [3.8, 4) is 35.3 Å². The molecule has 0 unspecified atom stereocenters. The molecular formula is C46H39ClN10O4. The first-order chi connectivity index (χ1) is 29.5. The highest BCUT2D eigenvalue weighted by molar-refractivity contribution is 6.48. The van der Waals surface area contributed by atoms with Gasteiger partial charge in [-0.2, -0.15) is 0 Å². The molecule has 0 saturated carbocycles. The van der Waals surface area contributed by atoms with Gasteiger partial charge in [0.2, 0.25) is 11.9 Å². The van der Waals surface area contributed by atoms with Crippen LogP contribution in [-0.2, 0) is 14.1 Å². The first-order valence-corrected chi connectivity index (χ1v) is 19.1. The molecule has 0 atom stereocenters. The van der Waals surface area contributed by atoms with E-state index >= 15 is 0 Å². The van der Waals surface area contributed by atoms with E-state index < -0.39 is 0 Å². The van der Waals surface area contributed by atoms with Gasteiger partial charge in [0.05, 0.1) is 22.1 Å². The van der Waals surface area contributed by atoms with Crippen molar-refractivity contribution in [1.29, 1.82) is 0 Å². The molecule has 0 aliphatic carbocycles. The average molecular weight is 831 g/mol. The minimum atomic E-state index is -0.275. The lowest BCUT2D eigenvalue weighted by Gasteiger charge is -2.08. The number of nitrogens with one attached hydrogen (secondary N) is 4. The lowest BCUT2D eigenvalue weighted by Crippen LogP contribution is -2.18. The summed E-state index contributed by atoms with van der Waals surface area (Å²) in [5, 5.41) is 12.2. The van der Waals surface area contributed by atoms with Crippen LogP contribution in [0.4, 0.5) is 23.3 Å². The van der Waals surface area contributed by atoms with Gasteiger partial charge in [-0.05, 0) is 72.3 Å². The van der Waals surface area contributed by atoms with Crippen molar-refractivity contribution in [1.82, 2.24) is 39.7 Å². The molecule has 0 spiro atoms. The predicted molar refractivity (Wildman–Crippen MR) is 239 cm³/mol. The number of nitrogens with zero attached hydrogens (tertiary/aromatic N) is 6. The van der Waals surface area contributed by atoms with Crippen LogP contribution in [0.2, 0.25) is 0 Å². The first-order valence-electron chi connectivity index (χ1n) is 18.7. The maximum Gasteiger partial charge on any atom is 0.269 e. The van der Waals surface area contributed by atoms with Crippen LogP contribution < -0.4 is 30.7 Å². The molecule has 4 N–H and O–H groups in total. The number of carbonyl (C=O) groups excluding carboxylic acids is 2. The van der Waals surface area contributed by atoms with Crippen molar-refractivity contribution >= 4 is 73.8 Å². The van der Waals surface area contributed by atoms with Crippen LogP contribution >= 0.6 is 11.6 Å². The van der Waals surface area contributed by atoms with Crippen molar-refractivity contribution in [3.05, 3.63) is 151 Å². The maximum atomic E-state index is 11.8. The zero-order valence-corrected chi connectivity index (χ0v) is 34.3. The monoisotopic (exact) mass is 830 g/mol. The average Bonchev–Trinajstić information content (AvgIpc) is 3.76. The fraction of sp³-hybridized carbons (Fsp3) is 0.0870. The maximum absolute atomic E-state index is 11.8. The molecule has 8 aromatic rings. The second-order valence-corrected chi connectivity index (χ2v) is 13.8. The molecular weight excluding hydrogens is 792 g/mol. The normalized spacial score (nSPS) is 10.6. The number of aryl methyl sites for hydroxylation is 2. The van der Waals surface area contributed by atoms with Gasteiger partial charge in [-0.25, -0.2) is 9.97 Å². The van der Waals surface area contributed by atoms with Gasteiger partial charge < -0.3 is 39.9 Å². The molecule has 0 bridgehead atoms. The summed E-state index contributed by atoms with van der Waals surface area (Å²) in [6, 6.07) is 33.1. The van der Waals surface area contributed by atoms with Crippen LogP contribution in [0, 0.1) is 12.3 Å². The number of terminal acetylenes is 1. The minimum Gasteiger partial charge on any atom is -0.457 e. The van der Waals surface area contributed by atoms with Crippen LogP contribution in [0.5, 0.6) is 23.0 Å². The summed E-state index contributed by atoms with van der Waals surface area (Å²) in [6.45, 7) is 3.77. The quantitative estimate of drug-likeness (QED) is 0.0927. The number of pyridine rings is 2. The molecule has 61 heavy (non-hydrogen) atoms. The fourth-order valence-corrected chi connectivity index (χ4v) is 6.26. The second kappa shape index (κ2) is 18.2. The lowest BCUT2D eigenvalue weighted by molar-refractivity contribution is 0.0950. The largest absolute Gasteiger partial charge is 0.457 e. The molecule has 4 aromatic heterocycles. The number of ether oxygens (including phenoxy) is 2. The Morgan fingerprint density at radius 3 is 1.61 bits per heavy atom. The number of hydrogen-bond donors (Lipinski definition) is 4. The van der Waals surface area contributed by atoms with E-state index in [0.29, 0.717) is 39.9 Å². The van der Waals surface area contributed by atoms with Gasteiger partial charge in [0.15, 0.2) is 0 Å². The van der Waals surface area contributed by atoms with Gasteiger partial charge in [-0.3, -0.25) is 19.6 Å². The third-order valence-electron chi connectivity index (χ3n) is 9.28. The molecule has 0 aliphatic rings. The molecule has 0 fully saturated rings. The van der Waals surface area contributed by atoms with E-state index in [0.717, 1.165) is 44.6 Å². The summed E-state index contributed by atoms with van der Waals surface area (Å²) in [7, 11) is 6.98. The van der Waals surface area contributed by atoms with Crippen LogP contribution in [0.15, 0.2) is 128 Å². The zero-order valence-electron chi connectivity index (χ0n) is 33.5. The Balaban J connectivity index is 0.000000184. The van der Waals surface area contributed by atoms with E-state index in [2.05, 4.69) is 53.7 Å². The minimum absolute atomic E-state index is 0.273. The third-order valence-corrected chi connectivity index (χ3v) is 9.49. The van der Waals surface area contributed by atoms with E-state index in [9.17, 15) is 9.59 Å². The molecule has 304 valence electrons. The van der Waals surface area contributed by atoms with Gasteiger partial charge in [0.25, 0.3) is 11.8 Å². The van der Waals surface area contributed by atoms with Crippen molar-refractivity contribution in [2.24, 2.45) is 14.1 Å². The van der Waals surface area contributed by atoms with Crippen molar-refractivity contribution in [2.45, 2.75) is 0 Å². The van der Waals surface area contributed by atoms with Crippen LogP contribution in [0.3, 0.4) is 0 Å². The second-order valence-electron chi connectivity index (χ2n) is 13.4. The van der Waals surface area contributed by atoms with Gasteiger partial charge in [-0.15, -0.1) is 6.42 Å². The highest BCUT2D eigenvalue weighted by atomic mass is 35.5. The molecule has 4 aromatic carbocycles. The summed E-state index contributed by atoms with van der Waals surface area (Å²) >= 11 is 6.01. The number of rotatable bonds is 11. The SMILES string of the molecule is C#Cc1cccc(Nc2nc3cc(Oc4ccnc(C(=O)NC)c4)ccc3n2C)c1.C=C(Cl)c1cccc(Nc2nc3cc(Oc4ccnc(C(=O)NC)c4)ccc3n2C)c1. The van der Waals surface area contributed by atoms with E-state index in [1.165, 1.54) is 12.4 Å². The van der Waals surface area contributed by atoms with Gasteiger partial charge in [0.1, 0.15) is 34.4 Å². The molecule has 2 amide bonds. The van der Waals surface area contributed by atoms with Crippen molar-refractivity contribution < 1.29 is 19.1 Å². The third kappa shape index (κ3) is 9.60. The fourth-order valence-electron chi connectivity index (χ4n) is 6.15. The Hall–Kier alpha value is -8.15. The van der Waals surface area contributed by atoms with E-state index in [1.54, 1.807) is 38.4 Å². The smallest absolute Gasteiger partial charge is 0.269 e. The van der Waals surface area contributed by atoms with Crippen LogP contribution in [0.25, 0.3) is 27.1 Å². The molecule has 8 rings (SSSR count). The van der Waals surface area contributed by atoms with Gasteiger partial charge >= 0.3 is 0 Å². The predicted octanol–water partition coefficient (Wildman–Crippen LogP) is 8.92. The molecule has 0 radical (unpaired) electrons. The number of benzene rings is 4. The summed E-state index contributed by atoms with van der Waals surface area (Å²) < 4.78 is 15.7. The Morgan fingerprint density at radius 1 is 0.656 bits per heavy atom. The Bertz CT molecular complexity index is 2990. The molecule has 4 heterocycles. The van der Waals surface area contributed by atoms with Crippen LogP contribution in [-0.4, -0.2) is 55.0 Å².